The number of nitrogens with one attached hydrogen (secondary N) is 1. The average molecular weight is 251 g/mol. The van der Waals surface area contributed by atoms with Gasteiger partial charge in [0.25, 0.3) is 0 Å². The van der Waals surface area contributed by atoms with Gasteiger partial charge in [-0.15, -0.1) is 0 Å². The molecule has 1 N–H and O–H groups in total. The monoisotopic (exact) mass is 251 g/mol. The lowest BCUT2D eigenvalue weighted by Gasteiger charge is -2.22. The smallest absolute Gasteiger partial charge is 0.0297 e. The second kappa shape index (κ2) is 6.46. The summed E-state index contributed by atoms with van der Waals surface area (Å²) in [5.74, 6) is 1.16. The molecule has 0 heterocycles. The Morgan fingerprint density at radius 1 is 1.06 bits per heavy atom. The van der Waals surface area contributed by atoms with Crippen LogP contribution in [0.25, 0.3) is 0 Å². The Hall–Kier alpha value is -0.470. The number of hydrogen-bond acceptors (Lipinski definition) is 2. The third-order valence-electron chi connectivity index (χ3n) is 3.30. The minimum atomic E-state index is 0.427. The van der Waals surface area contributed by atoms with Gasteiger partial charge in [0.15, 0.2) is 0 Å². The van der Waals surface area contributed by atoms with Crippen LogP contribution in [0.5, 0.6) is 0 Å². The third kappa shape index (κ3) is 4.04. The molecule has 2 heteroatoms. The lowest BCUT2D eigenvalue weighted by atomic mass is 9.96. The molecule has 0 aliphatic rings. The van der Waals surface area contributed by atoms with Crippen molar-refractivity contribution in [2.75, 3.05) is 12.0 Å². The fourth-order valence-electron chi connectivity index (χ4n) is 2.26. The van der Waals surface area contributed by atoms with E-state index in [1.54, 1.807) is 0 Å². The summed E-state index contributed by atoms with van der Waals surface area (Å²) < 4.78 is 0. The molecule has 1 aromatic carbocycles. The quantitative estimate of drug-likeness (QED) is 0.848. The van der Waals surface area contributed by atoms with E-state index in [-0.39, 0.29) is 0 Å². The van der Waals surface area contributed by atoms with Crippen molar-refractivity contribution in [2.24, 2.45) is 0 Å². The largest absolute Gasteiger partial charge is 0.307 e. The normalized spacial score (nSPS) is 14.7. The van der Waals surface area contributed by atoms with Crippen LogP contribution in [0.4, 0.5) is 0 Å². The minimum Gasteiger partial charge on any atom is -0.307 e. The average Bonchev–Trinajstić information content (AvgIpc) is 2.23. The summed E-state index contributed by atoms with van der Waals surface area (Å²) in [4.78, 5) is 0. The summed E-state index contributed by atoms with van der Waals surface area (Å²) in [5.41, 5.74) is 5.60. The minimum absolute atomic E-state index is 0.427. The van der Waals surface area contributed by atoms with Crippen LogP contribution in [0, 0.1) is 20.8 Å². The third-order valence-corrected chi connectivity index (χ3v) is 4.13. The van der Waals surface area contributed by atoms with E-state index < -0.39 is 0 Å². The van der Waals surface area contributed by atoms with E-state index in [1.807, 2.05) is 11.8 Å². The SMILES string of the molecule is CSCC(C)NC(C)c1cc(C)c(C)cc1C. The molecular weight excluding hydrogens is 226 g/mol. The van der Waals surface area contributed by atoms with Crippen molar-refractivity contribution in [2.45, 2.75) is 46.7 Å². The van der Waals surface area contributed by atoms with Crippen LogP contribution in [0.3, 0.4) is 0 Å². The van der Waals surface area contributed by atoms with Crippen LogP contribution in [0.1, 0.15) is 42.1 Å². The first kappa shape index (κ1) is 14.6. The van der Waals surface area contributed by atoms with E-state index in [4.69, 9.17) is 0 Å². The molecule has 17 heavy (non-hydrogen) atoms. The zero-order chi connectivity index (χ0) is 13.0. The highest BCUT2D eigenvalue weighted by atomic mass is 32.2. The topological polar surface area (TPSA) is 12.0 Å². The highest BCUT2D eigenvalue weighted by Crippen LogP contribution is 2.22. The van der Waals surface area contributed by atoms with E-state index in [0.717, 1.165) is 5.75 Å². The lowest BCUT2D eigenvalue weighted by molar-refractivity contribution is 0.509. The fraction of sp³-hybridized carbons (Fsp3) is 0.600. The summed E-state index contributed by atoms with van der Waals surface area (Å²) in [5, 5.41) is 3.66. The second-order valence-corrected chi connectivity index (χ2v) is 5.95. The summed E-state index contributed by atoms with van der Waals surface area (Å²) >= 11 is 1.89. The fourth-order valence-corrected chi connectivity index (χ4v) is 2.86. The molecule has 1 aromatic rings. The van der Waals surface area contributed by atoms with Crippen LogP contribution in [-0.4, -0.2) is 18.1 Å². The molecule has 2 unspecified atom stereocenters. The molecule has 0 saturated heterocycles. The first-order valence-corrected chi connectivity index (χ1v) is 7.67. The molecular formula is C15H25NS. The molecule has 2 atom stereocenters. The van der Waals surface area contributed by atoms with Crippen LogP contribution >= 0.6 is 11.8 Å². The van der Waals surface area contributed by atoms with Gasteiger partial charge in [-0.25, -0.2) is 0 Å². The van der Waals surface area contributed by atoms with Gasteiger partial charge in [-0.2, -0.15) is 11.8 Å². The van der Waals surface area contributed by atoms with Crippen molar-refractivity contribution in [3.05, 3.63) is 34.4 Å². The van der Waals surface area contributed by atoms with Gasteiger partial charge in [-0.3, -0.25) is 0 Å². The first-order valence-electron chi connectivity index (χ1n) is 6.28. The maximum Gasteiger partial charge on any atom is 0.0297 e. The van der Waals surface area contributed by atoms with E-state index in [2.05, 4.69) is 58.3 Å². The van der Waals surface area contributed by atoms with Gasteiger partial charge >= 0.3 is 0 Å². The molecule has 0 bridgehead atoms. The summed E-state index contributed by atoms with van der Waals surface area (Å²) in [6.07, 6.45) is 2.16. The van der Waals surface area contributed by atoms with E-state index in [9.17, 15) is 0 Å². The van der Waals surface area contributed by atoms with Gasteiger partial charge in [-0.1, -0.05) is 12.1 Å². The van der Waals surface area contributed by atoms with Gasteiger partial charge in [-0.05, 0) is 63.1 Å². The molecule has 0 aliphatic heterocycles. The Bertz CT molecular complexity index is 373. The van der Waals surface area contributed by atoms with Crippen molar-refractivity contribution in [1.82, 2.24) is 5.32 Å². The molecule has 0 radical (unpaired) electrons. The molecule has 1 rings (SSSR count). The van der Waals surface area contributed by atoms with E-state index >= 15 is 0 Å². The Labute approximate surface area is 110 Å². The maximum atomic E-state index is 3.66. The summed E-state index contributed by atoms with van der Waals surface area (Å²) in [6.45, 7) is 11.1. The molecule has 0 aromatic heterocycles. The lowest BCUT2D eigenvalue weighted by Crippen LogP contribution is -2.31. The Morgan fingerprint density at radius 2 is 1.65 bits per heavy atom. The van der Waals surface area contributed by atoms with Crippen LogP contribution < -0.4 is 5.32 Å². The molecule has 0 fully saturated rings. The molecule has 96 valence electrons. The van der Waals surface area contributed by atoms with Crippen molar-refractivity contribution >= 4 is 11.8 Å². The Kier molecular flexibility index (Phi) is 5.54. The number of hydrogen-bond donors (Lipinski definition) is 1. The van der Waals surface area contributed by atoms with Gasteiger partial charge in [0, 0.05) is 17.8 Å². The number of rotatable bonds is 5. The highest BCUT2D eigenvalue weighted by Gasteiger charge is 2.12. The zero-order valence-corrected chi connectivity index (χ0v) is 12.7. The van der Waals surface area contributed by atoms with Crippen molar-refractivity contribution in [1.29, 1.82) is 0 Å². The van der Waals surface area contributed by atoms with Gasteiger partial charge in [0.2, 0.25) is 0 Å². The predicted octanol–water partition coefficient (Wildman–Crippen LogP) is 4.01. The van der Waals surface area contributed by atoms with E-state index in [0.29, 0.717) is 12.1 Å². The molecule has 0 spiro atoms. The molecule has 0 amide bonds. The number of aryl methyl sites for hydroxylation is 3. The summed E-state index contributed by atoms with van der Waals surface area (Å²) in [6, 6.07) is 5.61. The zero-order valence-electron chi connectivity index (χ0n) is 11.9. The van der Waals surface area contributed by atoms with E-state index in [1.165, 1.54) is 22.3 Å². The summed E-state index contributed by atoms with van der Waals surface area (Å²) in [7, 11) is 0. The highest BCUT2D eigenvalue weighted by molar-refractivity contribution is 7.98. The van der Waals surface area contributed by atoms with Crippen LogP contribution in [0.2, 0.25) is 0 Å². The predicted molar refractivity (Wildman–Crippen MR) is 80.0 cm³/mol. The van der Waals surface area contributed by atoms with Gasteiger partial charge in [0.1, 0.15) is 0 Å². The Balaban J connectivity index is 2.81. The molecule has 1 nitrogen and oxygen atoms in total. The van der Waals surface area contributed by atoms with Gasteiger partial charge in [0.05, 0.1) is 0 Å². The maximum absolute atomic E-state index is 3.66. The van der Waals surface area contributed by atoms with Crippen molar-refractivity contribution < 1.29 is 0 Å². The van der Waals surface area contributed by atoms with Crippen molar-refractivity contribution in [3.8, 4) is 0 Å². The number of benzene rings is 1. The van der Waals surface area contributed by atoms with Crippen LogP contribution in [0.15, 0.2) is 12.1 Å². The van der Waals surface area contributed by atoms with Crippen LogP contribution in [-0.2, 0) is 0 Å². The van der Waals surface area contributed by atoms with Crippen molar-refractivity contribution in [3.63, 3.8) is 0 Å². The molecule has 0 saturated carbocycles. The number of thioether (sulfide) groups is 1. The Morgan fingerprint density at radius 3 is 2.24 bits per heavy atom. The standard InChI is InChI=1S/C15H25NS/c1-10-7-12(3)15(8-11(10)2)14(5)16-13(4)9-17-6/h7-8,13-14,16H,9H2,1-6H3. The van der Waals surface area contributed by atoms with Gasteiger partial charge < -0.3 is 5.32 Å². The first-order chi connectivity index (χ1) is 7.95. The molecule has 0 aliphatic carbocycles. The second-order valence-electron chi connectivity index (χ2n) is 5.04.